The van der Waals surface area contributed by atoms with Crippen LogP contribution in [0.5, 0.6) is 0 Å². The number of hydrogen-bond donors (Lipinski definition) is 1. The van der Waals surface area contributed by atoms with E-state index in [2.05, 4.69) is 0 Å². The summed E-state index contributed by atoms with van der Waals surface area (Å²) in [7, 11) is -5.75. The summed E-state index contributed by atoms with van der Waals surface area (Å²) in [5, 5.41) is 0. The molecule has 0 heterocycles. The van der Waals surface area contributed by atoms with Gasteiger partial charge in [0.15, 0.2) is 0 Å². The standard InChI is InChI=1S/C14H18F3NO4S/c15-14(16,17)23(21,22)18-12(20)4-11(19)13-5-8-1-9(6-13)3-10(2-8)7-13/h8-10H,1-7H2,(H,18,20). The summed E-state index contributed by atoms with van der Waals surface area (Å²) < 4.78 is 59.6. The van der Waals surface area contributed by atoms with Crippen LogP contribution in [-0.4, -0.2) is 25.6 Å². The van der Waals surface area contributed by atoms with E-state index in [4.69, 9.17) is 0 Å². The van der Waals surface area contributed by atoms with Crippen molar-refractivity contribution in [2.24, 2.45) is 23.2 Å². The van der Waals surface area contributed by atoms with E-state index < -0.39 is 39.1 Å². The summed E-state index contributed by atoms with van der Waals surface area (Å²) in [6.07, 6.45) is 4.48. The van der Waals surface area contributed by atoms with Gasteiger partial charge >= 0.3 is 15.5 Å². The number of rotatable bonds is 4. The third-order valence-electron chi connectivity index (χ3n) is 5.50. The van der Waals surface area contributed by atoms with E-state index >= 15 is 0 Å². The zero-order valence-electron chi connectivity index (χ0n) is 12.4. The largest absolute Gasteiger partial charge is 0.516 e. The summed E-state index contributed by atoms with van der Waals surface area (Å²) >= 11 is 0. The first kappa shape index (κ1) is 16.7. The van der Waals surface area contributed by atoms with Gasteiger partial charge in [-0.15, -0.1) is 0 Å². The SMILES string of the molecule is O=C(CC(=O)C12CC3CC(CC(C3)C1)C2)NS(=O)(=O)C(F)(F)F. The Kier molecular flexibility index (Phi) is 3.77. The van der Waals surface area contributed by atoms with Gasteiger partial charge in [0.25, 0.3) is 0 Å². The first-order chi connectivity index (χ1) is 10.5. The first-order valence-electron chi connectivity index (χ1n) is 7.66. The Labute approximate surface area is 132 Å². The van der Waals surface area contributed by atoms with Gasteiger partial charge in [0.05, 0.1) is 6.42 Å². The van der Waals surface area contributed by atoms with E-state index in [1.807, 2.05) is 0 Å². The zero-order valence-corrected chi connectivity index (χ0v) is 13.2. The molecule has 4 saturated carbocycles. The highest BCUT2D eigenvalue weighted by Gasteiger charge is 2.54. The zero-order chi connectivity index (χ0) is 17.0. The second kappa shape index (κ2) is 5.19. The highest BCUT2D eigenvalue weighted by atomic mass is 32.2. The minimum Gasteiger partial charge on any atom is -0.299 e. The second-order valence-corrected chi connectivity index (χ2v) is 8.95. The number of hydrogen-bond acceptors (Lipinski definition) is 4. The molecule has 0 atom stereocenters. The van der Waals surface area contributed by atoms with Crippen LogP contribution in [0.25, 0.3) is 0 Å². The smallest absolute Gasteiger partial charge is 0.299 e. The van der Waals surface area contributed by atoms with Gasteiger partial charge in [-0.1, -0.05) is 0 Å². The summed E-state index contributed by atoms with van der Waals surface area (Å²) in [5.74, 6) is -0.457. The Hall–Kier alpha value is -1.12. The number of amides is 1. The highest BCUT2D eigenvalue weighted by molar-refractivity contribution is 7.90. The van der Waals surface area contributed by atoms with Crippen LogP contribution < -0.4 is 4.72 Å². The van der Waals surface area contributed by atoms with Crippen molar-refractivity contribution in [3.8, 4) is 0 Å². The monoisotopic (exact) mass is 353 g/mol. The van der Waals surface area contributed by atoms with Crippen molar-refractivity contribution in [3.63, 3.8) is 0 Å². The molecule has 0 radical (unpaired) electrons. The number of nitrogens with one attached hydrogen (secondary N) is 1. The van der Waals surface area contributed by atoms with Gasteiger partial charge < -0.3 is 0 Å². The van der Waals surface area contributed by atoms with Crippen LogP contribution in [0, 0.1) is 23.2 Å². The minimum absolute atomic E-state index is 0.411. The summed E-state index contributed by atoms with van der Waals surface area (Å²) in [5.41, 5.74) is -6.19. The molecule has 4 aliphatic rings. The minimum atomic E-state index is -5.75. The van der Waals surface area contributed by atoms with Gasteiger partial charge in [0, 0.05) is 5.41 Å². The van der Waals surface area contributed by atoms with E-state index in [0.29, 0.717) is 37.0 Å². The number of carbonyl (C=O) groups is 2. The lowest BCUT2D eigenvalue weighted by Crippen LogP contribution is -2.51. The number of alkyl halides is 3. The average molecular weight is 353 g/mol. The van der Waals surface area contributed by atoms with Crippen molar-refractivity contribution < 1.29 is 31.2 Å². The Bertz CT molecular complexity index is 606. The second-order valence-electron chi connectivity index (χ2n) is 7.27. The third-order valence-corrected chi connectivity index (χ3v) is 6.61. The van der Waals surface area contributed by atoms with Crippen LogP contribution in [0.1, 0.15) is 44.9 Å². The number of halogens is 3. The van der Waals surface area contributed by atoms with Crippen LogP contribution in [0.2, 0.25) is 0 Å². The van der Waals surface area contributed by atoms with Gasteiger partial charge in [0.1, 0.15) is 5.78 Å². The van der Waals surface area contributed by atoms with Crippen LogP contribution in [0.4, 0.5) is 13.2 Å². The van der Waals surface area contributed by atoms with E-state index in [9.17, 15) is 31.2 Å². The number of Topliss-reactive ketones (excluding diaryl/α,β-unsaturated/α-hetero) is 1. The van der Waals surface area contributed by atoms with Gasteiger partial charge in [-0.25, -0.2) is 4.72 Å². The molecule has 4 bridgehead atoms. The predicted molar refractivity (Wildman–Crippen MR) is 73.3 cm³/mol. The van der Waals surface area contributed by atoms with Crippen molar-refractivity contribution in [3.05, 3.63) is 0 Å². The van der Waals surface area contributed by atoms with E-state index in [0.717, 1.165) is 24.0 Å². The summed E-state index contributed by atoms with van der Waals surface area (Å²) in [4.78, 5) is 24.1. The van der Waals surface area contributed by atoms with E-state index in [1.165, 1.54) is 0 Å². The molecule has 23 heavy (non-hydrogen) atoms. The molecule has 9 heteroatoms. The Morgan fingerprint density at radius 1 is 1.00 bits per heavy atom. The molecule has 4 aliphatic carbocycles. The fourth-order valence-electron chi connectivity index (χ4n) is 5.03. The van der Waals surface area contributed by atoms with Crippen LogP contribution in [-0.2, 0) is 19.6 Å². The lowest BCUT2D eigenvalue weighted by molar-refractivity contribution is -0.146. The molecule has 5 nitrogen and oxygen atoms in total. The van der Waals surface area contributed by atoms with Crippen LogP contribution in [0.3, 0.4) is 0 Å². The fraction of sp³-hybridized carbons (Fsp3) is 0.857. The van der Waals surface area contributed by atoms with Crippen molar-refractivity contribution in [2.75, 3.05) is 0 Å². The molecule has 130 valence electrons. The molecule has 0 aliphatic heterocycles. The van der Waals surface area contributed by atoms with Crippen LogP contribution >= 0.6 is 0 Å². The van der Waals surface area contributed by atoms with Crippen molar-refractivity contribution in [1.29, 1.82) is 0 Å². The molecule has 1 amide bonds. The maximum atomic E-state index is 12.5. The lowest BCUT2D eigenvalue weighted by Gasteiger charge is -2.55. The number of carbonyl (C=O) groups excluding carboxylic acids is 2. The highest BCUT2D eigenvalue weighted by Crippen LogP contribution is 2.60. The third kappa shape index (κ3) is 2.99. The van der Waals surface area contributed by atoms with E-state index in [1.54, 1.807) is 0 Å². The molecule has 0 aromatic rings. The van der Waals surface area contributed by atoms with Crippen molar-refractivity contribution in [1.82, 2.24) is 4.72 Å². The van der Waals surface area contributed by atoms with Gasteiger partial charge in [0.2, 0.25) is 5.91 Å². The Morgan fingerprint density at radius 3 is 1.83 bits per heavy atom. The molecule has 1 N–H and O–H groups in total. The molecular weight excluding hydrogens is 335 g/mol. The van der Waals surface area contributed by atoms with E-state index in [-0.39, 0.29) is 0 Å². The normalized spacial score (nSPS) is 36.0. The molecule has 4 rings (SSSR count). The molecular formula is C14H18F3NO4S. The maximum Gasteiger partial charge on any atom is 0.516 e. The maximum absolute atomic E-state index is 12.5. The van der Waals surface area contributed by atoms with Gasteiger partial charge in [-0.2, -0.15) is 21.6 Å². The lowest BCUT2D eigenvalue weighted by atomic mass is 9.48. The molecule has 0 aromatic carbocycles. The molecule has 0 saturated heterocycles. The molecule has 0 aromatic heterocycles. The number of ketones is 1. The van der Waals surface area contributed by atoms with Crippen molar-refractivity contribution in [2.45, 2.75) is 50.5 Å². The summed E-state index contributed by atoms with van der Waals surface area (Å²) in [6.45, 7) is 0. The summed E-state index contributed by atoms with van der Waals surface area (Å²) in [6, 6.07) is 0. The molecule has 0 unspecified atom stereocenters. The predicted octanol–water partition coefficient (Wildman–Crippen LogP) is 2.13. The fourth-order valence-corrected chi connectivity index (χ4v) is 5.52. The Balaban J connectivity index is 1.67. The van der Waals surface area contributed by atoms with Crippen molar-refractivity contribution >= 4 is 21.7 Å². The number of sulfonamides is 1. The van der Waals surface area contributed by atoms with Gasteiger partial charge in [-0.05, 0) is 56.3 Å². The van der Waals surface area contributed by atoms with Crippen LogP contribution in [0.15, 0.2) is 0 Å². The average Bonchev–Trinajstić information content (AvgIpc) is 2.34. The first-order valence-corrected chi connectivity index (χ1v) is 9.14. The molecule has 4 fully saturated rings. The topological polar surface area (TPSA) is 80.3 Å². The molecule has 0 spiro atoms. The Morgan fingerprint density at radius 2 is 1.43 bits per heavy atom. The van der Waals surface area contributed by atoms with Gasteiger partial charge in [-0.3, -0.25) is 9.59 Å². The quantitative estimate of drug-likeness (QED) is 0.785.